The molecule has 2 atom stereocenters. The Labute approximate surface area is 172 Å². The van der Waals surface area contributed by atoms with E-state index in [1.807, 2.05) is 17.2 Å². The fraction of sp³-hybridized carbons (Fsp3) is 0.360. The van der Waals surface area contributed by atoms with E-state index < -0.39 is 0 Å². The molecule has 0 bridgehead atoms. The zero-order chi connectivity index (χ0) is 20.5. The molecule has 4 rings (SSSR count). The van der Waals surface area contributed by atoms with Gasteiger partial charge < -0.3 is 4.90 Å². The summed E-state index contributed by atoms with van der Waals surface area (Å²) >= 11 is 0. The van der Waals surface area contributed by atoms with Crippen molar-refractivity contribution >= 4 is 17.6 Å². The second-order valence-electron chi connectivity index (χ2n) is 8.67. The number of carbonyl (C=O) groups is 1. The van der Waals surface area contributed by atoms with Crippen molar-refractivity contribution in [3.05, 3.63) is 65.5 Å². The first-order valence-electron chi connectivity index (χ1n) is 10.4. The van der Waals surface area contributed by atoms with Crippen LogP contribution in [0.5, 0.6) is 0 Å². The Hall–Kier alpha value is -2.88. The van der Waals surface area contributed by atoms with E-state index in [0.29, 0.717) is 11.8 Å². The maximum atomic E-state index is 12.9. The minimum Gasteiger partial charge on any atom is -0.339 e. The minimum atomic E-state index is 0.0836. The highest BCUT2D eigenvalue weighted by atomic mass is 16.2. The van der Waals surface area contributed by atoms with Gasteiger partial charge in [0.05, 0.1) is 11.4 Å². The number of fused-ring (bicyclic) bond motifs is 1. The van der Waals surface area contributed by atoms with Crippen LogP contribution in [0.15, 0.2) is 48.7 Å². The molecule has 150 valence electrons. The Balaban J connectivity index is 1.71. The van der Waals surface area contributed by atoms with E-state index in [2.05, 4.69) is 68.5 Å². The van der Waals surface area contributed by atoms with E-state index in [-0.39, 0.29) is 5.91 Å². The van der Waals surface area contributed by atoms with Crippen LogP contribution in [0.4, 0.5) is 0 Å². The Kier molecular flexibility index (Phi) is 5.27. The summed E-state index contributed by atoms with van der Waals surface area (Å²) in [5, 5.41) is 0. The standard InChI is InChI=1S/C25H29N3O/c1-17-5-7-21(8-6-17)25-22(28-12-11-18(2)14-23(28)26-25)9-10-24(29)27-15-19(3)13-20(4)16-27/h5-12,14,19-20H,13,15-16H2,1-4H3/b10-9+. The summed E-state index contributed by atoms with van der Waals surface area (Å²) < 4.78 is 2.06. The predicted octanol–water partition coefficient (Wildman–Crippen LogP) is 5.14. The molecule has 0 aliphatic carbocycles. The van der Waals surface area contributed by atoms with Crippen LogP contribution < -0.4 is 0 Å². The molecule has 0 N–H and O–H groups in total. The summed E-state index contributed by atoms with van der Waals surface area (Å²) in [6.07, 6.45) is 6.87. The van der Waals surface area contributed by atoms with E-state index in [9.17, 15) is 4.79 Å². The molecule has 2 unspecified atom stereocenters. The van der Waals surface area contributed by atoms with Crippen molar-refractivity contribution in [3.8, 4) is 11.3 Å². The number of aromatic nitrogens is 2. The van der Waals surface area contributed by atoms with Gasteiger partial charge in [0.2, 0.25) is 5.91 Å². The normalized spacial score (nSPS) is 19.9. The van der Waals surface area contributed by atoms with Crippen LogP contribution in [0.1, 0.15) is 37.1 Å². The third-order valence-electron chi connectivity index (χ3n) is 5.71. The Morgan fingerprint density at radius 3 is 2.41 bits per heavy atom. The van der Waals surface area contributed by atoms with Crippen LogP contribution in [-0.2, 0) is 4.79 Å². The quantitative estimate of drug-likeness (QED) is 0.584. The highest BCUT2D eigenvalue weighted by molar-refractivity contribution is 5.93. The number of amides is 1. The molecule has 2 aromatic heterocycles. The molecule has 1 amide bonds. The van der Waals surface area contributed by atoms with Gasteiger partial charge >= 0.3 is 0 Å². The highest BCUT2D eigenvalue weighted by Crippen LogP contribution is 2.27. The summed E-state index contributed by atoms with van der Waals surface area (Å²) in [6, 6.07) is 12.5. The number of rotatable bonds is 3. The van der Waals surface area contributed by atoms with Crippen LogP contribution in [0, 0.1) is 25.7 Å². The van der Waals surface area contributed by atoms with Crippen LogP contribution in [-0.4, -0.2) is 33.3 Å². The maximum Gasteiger partial charge on any atom is 0.246 e. The van der Waals surface area contributed by atoms with Gasteiger partial charge in [-0.25, -0.2) is 4.98 Å². The lowest BCUT2D eigenvalue weighted by atomic mass is 9.92. The number of carbonyl (C=O) groups excluding carboxylic acids is 1. The number of pyridine rings is 1. The molecule has 1 fully saturated rings. The van der Waals surface area contributed by atoms with E-state index in [4.69, 9.17) is 4.98 Å². The molecule has 3 aromatic rings. The summed E-state index contributed by atoms with van der Waals surface area (Å²) in [4.78, 5) is 19.7. The molecular weight excluding hydrogens is 358 g/mol. The lowest BCUT2D eigenvalue weighted by Gasteiger charge is -2.34. The monoisotopic (exact) mass is 387 g/mol. The molecule has 1 saturated heterocycles. The van der Waals surface area contributed by atoms with Gasteiger partial charge in [0.25, 0.3) is 0 Å². The van der Waals surface area contributed by atoms with E-state index >= 15 is 0 Å². The van der Waals surface area contributed by atoms with E-state index in [1.54, 1.807) is 6.08 Å². The van der Waals surface area contributed by atoms with Crippen molar-refractivity contribution in [2.75, 3.05) is 13.1 Å². The minimum absolute atomic E-state index is 0.0836. The van der Waals surface area contributed by atoms with Crippen LogP contribution >= 0.6 is 0 Å². The summed E-state index contributed by atoms with van der Waals surface area (Å²) in [6.45, 7) is 10.3. The number of benzene rings is 1. The van der Waals surface area contributed by atoms with Gasteiger partial charge in [-0.2, -0.15) is 0 Å². The Morgan fingerprint density at radius 1 is 1.03 bits per heavy atom. The lowest BCUT2D eigenvalue weighted by molar-refractivity contribution is -0.128. The summed E-state index contributed by atoms with van der Waals surface area (Å²) in [5.41, 5.74) is 6.18. The molecule has 0 radical (unpaired) electrons. The first kappa shape index (κ1) is 19.4. The van der Waals surface area contributed by atoms with Gasteiger partial charge in [0.1, 0.15) is 5.65 Å². The molecule has 3 heterocycles. The number of piperidine rings is 1. The number of hydrogen-bond acceptors (Lipinski definition) is 2. The van der Waals surface area contributed by atoms with E-state index in [0.717, 1.165) is 35.7 Å². The molecule has 4 nitrogen and oxygen atoms in total. The number of likely N-dealkylation sites (tertiary alicyclic amines) is 1. The molecule has 29 heavy (non-hydrogen) atoms. The number of hydrogen-bond donors (Lipinski definition) is 0. The molecule has 1 aliphatic heterocycles. The molecule has 0 spiro atoms. The second kappa shape index (κ2) is 7.86. The number of imidazole rings is 1. The molecule has 1 aliphatic rings. The van der Waals surface area contributed by atoms with Crippen LogP contribution in [0.2, 0.25) is 0 Å². The van der Waals surface area contributed by atoms with Gasteiger partial charge in [-0.05, 0) is 55.9 Å². The second-order valence-corrected chi connectivity index (χ2v) is 8.67. The number of nitrogens with zero attached hydrogens (tertiary/aromatic N) is 3. The first-order chi connectivity index (χ1) is 13.9. The SMILES string of the molecule is Cc1ccc(-c2nc3cc(C)ccn3c2/C=C/C(=O)N2CC(C)CC(C)C2)cc1. The van der Waals surface area contributed by atoms with Crippen molar-refractivity contribution in [3.63, 3.8) is 0 Å². The van der Waals surface area contributed by atoms with E-state index in [1.165, 1.54) is 17.5 Å². The summed E-state index contributed by atoms with van der Waals surface area (Å²) in [5.74, 6) is 1.19. The van der Waals surface area contributed by atoms with Crippen molar-refractivity contribution in [2.45, 2.75) is 34.1 Å². The zero-order valence-corrected chi connectivity index (χ0v) is 17.7. The largest absolute Gasteiger partial charge is 0.339 e. The molecular formula is C25H29N3O. The maximum absolute atomic E-state index is 12.9. The van der Waals surface area contributed by atoms with Crippen LogP contribution in [0.25, 0.3) is 23.0 Å². The third-order valence-corrected chi connectivity index (χ3v) is 5.71. The van der Waals surface area contributed by atoms with Crippen molar-refractivity contribution in [2.24, 2.45) is 11.8 Å². The molecule has 1 aromatic carbocycles. The van der Waals surface area contributed by atoms with Crippen molar-refractivity contribution in [1.29, 1.82) is 0 Å². The molecule has 4 heteroatoms. The number of aryl methyl sites for hydroxylation is 2. The van der Waals surface area contributed by atoms with Crippen molar-refractivity contribution in [1.82, 2.24) is 14.3 Å². The van der Waals surface area contributed by atoms with Gasteiger partial charge in [-0.1, -0.05) is 43.7 Å². The lowest BCUT2D eigenvalue weighted by Crippen LogP contribution is -2.41. The van der Waals surface area contributed by atoms with Gasteiger partial charge in [0, 0.05) is 30.9 Å². The van der Waals surface area contributed by atoms with Gasteiger partial charge in [0.15, 0.2) is 0 Å². The fourth-order valence-electron chi connectivity index (χ4n) is 4.35. The first-order valence-corrected chi connectivity index (χ1v) is 10.4. The average molecular weight is 388 g/mol. The van der Waals surface area contributed by atoms with Crippen molar-refractivity contribution < 1.29 is 4.79 Å². The smallest absolute Gasteiger partial charge is 0.246 e. The molecule has 0 saturated carbocycles. The highest BCUT2D eigenvalue weighted by Gasteiger charge is 2.24. The van der Waals surface area contributed by atoms with Crippen LogP contribution in [0.3, 0.4) is 0 Å². The zero-order valence-electron chi connectivity index (χ0n) is 17.7. The Bertz CT molecular complexity index is 1050. The Morgan fingerprint density at radius 2 is 1.72 bits per heavy atom. The predicted molar refractivity (Wildman–Crippen MR) is 119 cm³/mol. The van der Waals surface area contributed by atoms with Gasteiger partial charge in [-0.15, -0.1) is 0 Å². The fourth-order valence-corrected chi connectivity index (χ4v) is 4.35. The summed E-state index contributed by atoms with van der Waals surface area (Å²) in [7, 11) is 0. The van der Waals surface area contributed by atoms with Gasteiger partial charge in [-0.3, -0.25) is 9.20 Å². The topological polar surface area (TPSA) is 37.6 Å². The average Bonchev–Trinajstić information content (AvgIpc) is 3.03. The third kappa shape index (κ3) is 4.12.